The maximum Gasteiger partial charge on any atom is 0.252 e. The lowest BCUT2D eigenvalue weighted by Crippen LogP contribution is -2.56. The number of carbonyl (C=O) groups is 3. The minimum atomic E-state index is -2.87. The second-order valence-electron chi connectivity index (χ2n) is 11.1. The summed E-state index contributed by atoms with van der Waals surface area (Å²) < 4.78 is 27.4. The van der Waals surface area contributed by atoms with E-state index in [9.17, 15) is 28.4 Å². The standard InChI is InChI=1S/C31H27ClF2N6O3/c32-24-7-2-1-6-23(24)27(28(42)37-21-15-31(33,34)16-21)39(22-5-3-4-19(14-22)18-8-9-18)29(43)25-10-11-26(41)40(25)30-36-13-12-20(17-35)38-30/h1-7,12-14,18,21,25,27H,8-11,15-16H2,(H,37,42). The van der Waals surface area contributed by atoms with E-state index in [0.29, 0.717) is 17.2 Å². The third-order valence-electron chi connectivity index (χ3n) is 8.05. The van der Waals surface area contributed by atoms with Crippen molar-refractivity contribution in [3.8, 4) is 6.07 Å². The van der Waals surface area contributed by atoms with E-state index in [2.05, 4.69) is 15.3 Å². The fourth-order valence-corrected chi connectivity index (χ4v) is 5.98. The molecule has 0 bridgehead atoms. The van der Waals surface area contributed by atoms with Crippen molar-refractivity contribution < 1.29 is 23.2 Å². The van der Waals surface area contributed by atoms with Gasteiger partial charge in [0, 0.05) is 47.8 Å². The van der Waals surface area contributed by atoms with Crippen molar-refractivity contribution in [2.45, 2.75) is 68.5 Å². The van der Waals surface area contributed by atoms with Crippen LogP contribution in [0.3, 0.4) is 0 Å². The fraction of sp³-hybridized carbons (Fsp3) is 0.355. The molecule has 220 valence electrons. The lowest BCUT2D eigenvalue weighted by atomic mass is 9.87. The Morgan fingerprint density at radius 3 is 2.58 bits per heavy atom. The monoisotopic (exact) mass is 604 g/mol. The Morgan fingerprint density at radius 1 is 1.12 bits per heavy atom. The average molecular weight is 605 g/mol. The molecule has 1 aromatic heterocycles. The minimum Gasteiger partial charge on any atom is -0.351 e. The molecule has 3 amide bonds. The number of aromatic nitrogens is 2. The molecule has 0 spiro atoms. The zero-order valence-electron chi connectivity index (χ0n) is 22.9. The van der Waals surface area contributed by atoms with E-state index in [4.69, 9.17) is 11.6 Å². The second-order valence-corrected chi connectivity index (χ2v) is 11.6. The molecule has 2 aliphatic carbocycles. The first-order valence-electron chi connectivity index (χ1n) is 14.1. The van der Waals surface area contributed by atoms with Crippen LogP contribution in [0.5, 0.6) is 0 Å². The minimum absolute atomic E-state index is 0.0205. The van der Waals surface area contributed by atoms with Crippen LogP contribution < -0.4 is 15.1 Å². The highest BCUT2D eigenvalue weighted by Crippen LogP contribution is 2.43. The number of alkyl halides is 2. The summed E-state index contributed by atoms with van der Waals surface area (Å²) in [6.45, 7) is 0. The summed E-state index contributed by atoms with van der Waals surface area (Å²) in [5.41, 5.74) is 1.73. The topological polar surface area (TPSA) is 119 Å². The van der Waals surface area contributed by atoms with Gasteiger partial charge in [-0.2, -0.15) is 5.26 Å². The van der Waals surface area contributed by atoms with Crippen LogP contribution in [0.15, 0.2) is 60.8 Å². The van der Waals surface area contributed by atoms with E-state index in [1.165, 1.54) is 17.2 Å². The number of hydrogen-bond donors (Lipinski definition) is 1. The molecule has 43 heavy (non-hydrogen) atoms. The summed E-state index contributed by atoms with van der Waals surface area (Å²) in [6.07, 6.45) is 2.46. The number of halogens is 3. The Balaban J connectivity index is 1.45. The van der Waals surface area contributed by atoms with Crippen LogP contribution in [0, 0.1) is 11.3 Å². The van der Waals surface area contributed by atoms with E-state index >= 15 is 0 Å². The molecular formula is C31H27ClF2N6O3. The Labute approximate surface area is 251 Å². The van der Waals surface area contributed by atoms with Crippen molar-refractivity contribution in [3.05, 3.63) is 82.6 Å². The molecule has 2 saturated carbocycles. The molecule has 0 radical (unpaired) electrons. The Kier molecular flexibility index (Phi) is 7.56. The number of amides is 3. The summed E-state index contributed by atoms with van der Waals surface area (Å²) in [5, 5.41) is 12.3. The van der Waals surface area contributed by atoms with Crippen molar-refractivity contribution in [2.75, 3.05) is 9.80 Å². The van der Waals surface area contributed by atoms with E-state index in [1.807, 2.05) is 18.2 Å². The molecule has 9 nitrogen and oxygen atoms in total. The predicted octanol–water partition coefficient (Wildman–Crippen LogP) is 5.06. The number of hydrogen-bond acceptors (Lipinski definition) is 6. The summed E-state index contributed by atoms with van der Waals surface area (Å²) in [7, 11) is 0. The first kappa shape index (κ1) is 28.7. The number of benzene rings is 2. The van der Waals surface area contributed by atoms with E-state index < -0.39 is 54.6 Å². The maximum absolute atomic E-state index is 14.7. The highest BCUT2D eigenvalue weighted by Gasteiger charge is 2.49. The molecule has 6 rings (SSSR count). The lowest BCUT2D eigenvalue weighted by molar-refractivity contribution is -0.133. The molecule has 3 fully saturated rings. The average Bonchev–Trinajstić information content (AvgIpc) is 3.76. The van der Waals surface area contributed by atoms with Gasteiger partial charge in [0.15, 0.2) is 0 Å². The van der Waals surface area contributed by atoms with Crippen LogP contribution in [0.2, 0.25) is 5.02 Å². The van der Waals surface area contributed by atoms with Crippen molar-refractivity contribution >= 4 is 41.0 Å². The largest absolute Gasteiger partial charge is 0.351 e. The van der Waals surface area contributed by atoms with Crippen LogP contribution in [-0.4, -0.2) is 45.7 Å². The second kappa shape index (κ2) is 11.3. The van der Waals surface area contributed by atoms with Gasteiger partial charge in [-0.25, -0.2) is 18.7 Å². The SMILES string of the molecule is N#Cc1ccnc(N2C(=O)CCC2C(=O)N(c2cccc(C3CC3)c2)C(C(=O)NC2CC(F)(F)C2)c2ccccc2Cl)n1. The number of nitrogens with zero attached hydrogens (tertiary/aromatic N) is 5. The molecule has 3 aromatic rings. The zero-order valence-corrected chi connectivity index (χ0v) is 23.7. The molecular weight excluding hydrogens is 578 g/mol. The van der Waals surface area contributed by atoms with Gasteiger partial charge >= 0.3 is 0 Å². The van der Waals surface area contributed by atoms with Crippen LogP contribution >= 0.6 is 11.6 Å². The molecule has 2 heterocycles. The number of carbonyl (C=O) groups excluding carboxylic acids is 3. The molecule has 12 heteroatoms. The molecule has 3 aliphatic rings. The van der Waals surface area contributed by atoms with Crippen LogP contribution in [0.4, 0.5) is 20.4 Å². The zero-order chi connectivity index (χ0) is 30.3. The van der Waals surface area contributed by atoms with Gasteiger partial charge in [-0.15, -0.1) is 0 Å². The van der Waals surface area contributed by atoms with Gasteiger partial charge in [-0.3, -0.25) is 24.2 Å². The van der Waals surface area contributed by atoms with E-state index in [-0.39, 0.29) is 29.5 Å². The first-order chi connectivity index (χ1) is 20.6. The van der Waals surface area contributed by atoms with Gasteiger partial charge in [0.2, 0.25) is 17.8 Å². The normalized spacial score (nSPS) is 20.2. The van der Waals surface area contributed by atoms with Crippen LogP contribution in [0.1, 0.15) is 67.3 Å². The van der Waals surface area contributed by atoms with Crippen molar-refractivity contribution in [3.63, 3.8) is 0 Å². The lowest BCUT2D eigenvalue weighted by Gasteiger charge is -2.39. The Hall–Kier alpha value is -4.43. The maximum atomic E-state index is 14.7. The molecule has 2 aromatic carbocycles. The van der Waals surface area contributed by atoms with Crippen molar-refractivity contribution in [1.82, 2.24) is 15.3 Å². The predicted molar refractivity (Wildman–Crippen MR) is 153 cm³/mol. The van der Waals surface area contributed by atoms with Gasteiger partial charge in [-0.1, -0.05) is 41.9 Å². The molecule has 1 N–H and O–H groups in total. The number of nitriles is 1. The summed E-state index contributed by atoms with van der Waals surface area (Å²) in [6, 6.07) is 14.0. The molecule has 2 unspecified atom stereocenters. The third kappa shape index (κ3) is 5.79. The molecule has 1 aliphatic heterocycles. The summed E-state index contributed by atoms with van der Waals surface area (Å²) in [5.74, 6) is -4.30. The molecule has 2 atom stereocenters. The Bertz CT molecular complexity index is 1630. The highest BCUT2D eigenvalue weighted by molar-refractivity contribution is 6.31. The summed E-state index contributed by atoms with van der Waals surface area (Å²) >= 11 is 6.61. The van der Waals surface area contributed by atoms with Gasteiger partial charge in [0.25, 0.3) is 11.8 Å². The quantitative estimate of drug-likeness (QED) is 0.384. The van der Waals surface area contributed by atoms with Gasteiger partial charge < -0.3 is 5.32 Å². The number of rotatable bonds is 8. The summed E-state index contributed by atoms with van der Waals surface area (Å²) in [4.78, 5) is 52.6. The fourth-order valence-electron chi connectivity index (χ4n) is 5.74. The third-order valence-corrected chi connectivity index (χ3v) is 8.39. The van der Waals surface area contributed by atoms with Crippen molar-refractivity contribution in [2.24, 2.45) is 0 Å². The van der Waals surface area contributed by atoms with Crippen LogP contribution in [0.25, 0.3) is 0 Å². The van der Waals surface area contributed by atoms with Gasteiger partial charge in [0.1, 0.15) is 23.8 Å². The van der Waals surface area contributed by atoms with E-state index in [1.54, 1.807) is 36.4 Å². The molecule has 1 saturated heterocycles. The van der Waals surface area contributed by atoms with E-state index in [0.717, 1.165) is 23.3 Å². The van der Waals surface area contributed by atoms with Gasteiger partial charge in [0.05, 0.1) is 0 Å². The van der Waals surface area contributed by atoms with Gasteiger partial charge in [-0.05, 0) is 55.0 Å². The van der Waals surface area contributed by atoms with Crippen LogP contribution in [-0.2, 0) is 14.4 Å². The smallest absolute Gasteiger partial charge is 0.252 e. The number of anilines is 2. The first-order valence-corrected chi connectivity index (χ1v) is 14.4. The Morgan fingerprint density at radius 2 is 1.88 bits per heavy atom. The number of nitrogens with one attached hydrogen (secondary N) is 1. The van der Waals surface area contributed by atoms with Crippen molar-refractivity contribution in [1.29, 1.82) is 5.26 Å². The highest BCUT2D eigenvalue weighted by atomic mass is 35.5.